The van der Waals surface area contributed by atoms with Crippen molar-refractivity contribution >= 4 is 27.5 Å². The fourth-order valence-electron chi connectivity index (χ4n) is 2.02. The average molecular weight is 390 g/mol. The van der Waals surface area contributed by atoms with Gasteiger partial charge in [0.05, 0.1) is 0 Å². The number of halogens is 2. The molecule has 2 aromatic carbocycles. The quantitative estimate of drug-likeness (QED) is 0.743. The van der Waals surface area contributed by atoms with Gasteiger partial charge in [-0.05, 0) is 54.1 Å². The van der Waals surface area contributed by atoms with Crippen LogP contribution in [0.15, 0.2) is 46.9 Å². The lowest BCUT2D eigenvalue weighted by atomic mass is 10.2. The lowest BCUT2D eigenvalue weighted by Gasteiger charge is -2.05. The second kappa shape index (κ2) is 6.88. The van der Waals surface area contributed by atoms with Crippen LogP contribution in [0, 0.1) is 12.7 Å². The normalized spacial score (nSPS) is 10.6. The summed E-state index contributed by atoms with van der Waals surface area (Å²) in [5.74, 6) is -0.307. The molecule has 0 aliphatic carbocycles. The van der Waals surface area contributed by atoms with E-state index in [0.29, 0.717) is 17.1 Å². The maximum absolute atomic E-state index is 13.5. The number of anilines is 1. The van der Waals surface area contributed by atoms with Crippen LogP contribution < -0.4 is 5.32 Å². The number of rotatable bonds is 4. The number of aryl methyl sites for hydroxylation is 1. The van der Waals surface area contributed by atoms with Crippen molar-refractivity contribution in [2.45, 2.75) is 13.5 Å². The van der Waals surface area contributed by atoms with Gasteiger partial charge in [-0.3, -0.25) is 4.79 Å². The van der Waals surface area contributed by atoms with E-state index in [9.17, 15) is 9.18 Å². The molecule has 3 aromatic rings. The molecule has 1 aromatic heterocycles. The van der Waals surface area contributed by atoms with Crippen molar-refractivity contribution in [1.29, 1.82) is 0 Å². The fourth-order valence-corrected chi connectivity index (χ4v) is 2.29. The van der Waals surface area contributed by atoms with E-state index in [1.807, 2.05) is 24.3 Å². The van der Waals surface area contributed by atoms with Crippen LogP contribution in [0.1, 0.15) is 5.56 Å². The molecule has 0 aliphatic heterocycles. The van der Waals surface area contributed by atoms with E-state index >= 15 is 0 Å². The van der Waals surface area contributed by atoms with Gasteiger partial charge in [0, 0.05) is 15.7 Å². The minimum Gasteiger partial charge on any atom is -0.324 e. The summed E-state index contributed by atoms with van der Waals surface area (Å²) in [6.07, 6.45) is 0. The Morgan fingerprint density at radius 2 is 2.00 bits per heavy atom. The summed E-state index contributed by atoms with van der Waals surface area (Å²) in [5.41, 5.74) is 1.70. The van der Waals surface area contributed by atoms with Crippen molar-refractivity contribution in [3.05, 3.63) is 58.3 Å². The van der Waals surface area contributed by atoms with E-state index in [1.54, 1.807) is 19.1 Å². The molecule has 0 unspecified atom stereocenters. The zero-order valence-electron chi connectivity index (χ0n) is 12.7. The molecular formula is C16H13BrFN5O. The van der Waals surface area contributed by atoms with Gasteiger partial charge in [0.15, 0.2) is 0 Å². The van der Waals surface area contributed by atoms with E-state index in [2.05, 4.69) is 36.7 Å². The Balaban J connectivity index is 1.66. The molecule has 1 amide bonds. The van der Waals surface area contributed by atoms with Gasteiger partial charge in [0.1, 0.15) is 12.4 Å². The van der Waals surface area contributed by atoms with Crippen LogP contribution in [0.2, 0.25) is 0 Å². The zero-order chi connectivity index (χ0) is 17.1. The van der Waals surface area contributed by atoms with E-state index in [-0.39, 0.29) is 18.3 Å². The summed E-state index contributed by atoms with van der Waals surface area (Å²) in [7, 11) is 0. The summed E-state index contributed by atoms with van der Waals surface area (Å²) in [4.78, 5) is 13.2. The third kappa shape index (κ3) is 3.83. The third-order valence-corrected chi connectivity index (χ3v) is 3.82. The Bertz CT molecular complexity index is 878. The molecule has 8 heteroatoms. The van der Waals surface area contributed by atoms with Gasteiger partial charge >= 0.3 is 0 Å². The van der Waals surface area contributed by atoms with Gasteiger partial charge in [-0.25, -0.2) is 4.39 Å². The number of amides is 1. The highest BCUT2D eigenvalue weighted by molar-refractivity contribution is 9.10. The first kappa shape index (κ1) is 16.3. The number of hydrogen-bond acceptors (Lipinski definition) is 4. The molecule has 6 nitrogen and oxygen atoms in total. The zero-order valence-corrected chi connectivity index (χ0v) is 14.3. The summed E-state index contributed by atoms with van der Waals surface area (Å²) < 4.78 is 14.4. The Hall–Kier alpha value is -2.61. The van der Waals surface area contributed by atoms with E-state index < -0.39 is 0 Å². The van der Waals surface area contributed by atoms with Crippen molar-refractivity contribution in [2.24, 2.45) is 0 Å². The highest BCUT2D eigenvalue weighted by Gasteiger charge is 2.10. The van der Waals surface area contributed by atoms with Gasteiger partial charge in [-0.2, -0.15) is 4.80 Å². The summed E-state index contributed by atoms with van der Waals surface area (Å²) >= 11 is 3.36. The molecule has 0 fully saturated rings. The molecule has 0 atom stereocenters. The predicted molar refractivity (Wildman–Crippen MR) is 90.7 cm³/mol. The third-order valence-electron chi connectivity index (χ3n) is 3.30. The summed E-state index contributed by atoms with van der Waals surface area (Å²) in [6.45, 7) is 1.54. The second-order valence-electron chi connectivity index (χ2n) is 5.16. The lowest BCUT2D eigenvalue weighted by Crippen LogP contribution is -2.20. The van der Waals surface area contributed by atoms with Crippen molar-refractivity contribution in [2.75, 3.05) is 5.32 Å². The minimum absolute atomic E-state index is 0.112. The van der Waals surface area contributed by atoms with Gasteiger partial charge < -0.3 is 5.32 Å². The Morgan fingerprint density at radius 3 is 2.71 bits per heavy atom. The molecule has 1 N–H and O–H groups in total. The largest absolute Gasteiger partial charge is 0.324 e. The van der Waals surface area contributed by atoms with Crippen molar-refractivity contribution in [3.63, 3.8) is 0 Å². The summed E-state index contributed by atoms with van der Waals surface area (Å²) in [5, 5.41) is 14.6. The molecule has 0 radical (unpaired) electrons. The molecule has 3 rings (SSSR count). The van der Waals surface area contributed by atoms with Crippen LogP contribution in [0.25, 0.3) is 11.4 Å². The number of carbonyl (C=O) groups is 1. The standard InChI is InChI=1S/C16H13BrFN5O/c1-10-2-7-13(8-14(10)18)19-15(24)9-23-21-16(20-22-23)11-3-5-12(17)6-4-11/h2-8H,9H2,1H3,(H,19,24). The number of carbonyl (C=O) groups excluding carboxylic acids is 1. The molecule has 24 heavy (non-hydrogen) atoms. The maximum Gasteiger partial charge on any atom is 0.248 e. The molecular weight excluding hydrogens is 377 g/mol. The number of hydrogen-bond donors (Lipinski definition) is 1. The highest BCUT2D eigenvalue weighted by Crippen LogP contribution is 2.17. The topological polar surface area (TPSA) is 72.7 Å². The fraction of sp³-hybridized carbons (Fsp3) is 0.125. The molecule has 0 aliphatic rings. The maximum atomic E-state index is 13.5. The SMILES string of the molecule is Cc1ccc(NC(=O)Cn2nnc(-c3ccc(Br)cc3)n2)cc1F. The highest BCUT2D eigenvalue weighted by atomic mass is 79.9. The lowest BCUT2D eigenvalue weighted by molar-refractivity contribution is -0.117. The first-order valence-electron chi connectivity index (χ1n) is 7.11. The molecule has 0 bridgehead atoms. The molecule has 0 saturated carbocycles. The molecule has 122 valence electrons. The van der Waals surface area contributed by atoms with Crippen LogP contribution in [-0.4, -0.2) is 26.1 Å². The first-order chi connectivity index (χ1) is 11.5. The predicted octanol–water partition coefficient (Wildman–Crippen LogP) is 3.19. The van der Waals surface area contributed by atoms with Gasteiger partial charge in [-0.1, -0.05) is 22.0 Å². The van der Waals surface area contributed by atoms with Gasteiger partial charge in [-0.15, -0.1) is 10.2 Å². The van der Waals surface area contributed by atoms with Crippen molar-refractivity contribution in [3.8, 4) is 11.4 Å². The average Bonchev–Trinajstić information content (AvgIpc) is 3.00. The van der Waals surface area contributed by atoms with Crippen molar-refractivity contribution < 1.29 is 9.18 Å². The number of nitrogens with zero attached hydrogens (tertiary/aromatic N) is 4. The van der Waals surface area contributed by atoms with Crippen LogP contribution >= 0.6 is 15.9 Å². The molecule has 0 spiro atoms. The van der Waals surface area contributed by atoms with Crippen LogP contribution in [0.3, 0.4) is 0 Å². The first-order valence-corrected chi connectivity index (χ1v) is 7.90. The Morgan fingerprint density at radius 1 is 1.25 bits per heavy atom. The number of aromatic nitrogens is 4. The molecule has 0 saturated heterocycles. The second-order valence-corrected chi connectivity index (χ2v) is 6.08. The van der Waals surface area contributed by atoms with E-state index in [1.165, 1.54) is 10.9 Å². The van der Waals surface area contributed by atoms with Crippen LogP contribution in [0.5, 0.6) is 0 Å². The van der Waals surface area contributed by atoms with E-state index in [0.717, 1.165) is 10.0 Å². The Labute approximate surface area is 145 Å². The van der Waals surface area contributed by atoms with Crippen LogP contribution in [-0.2, 0) is 11.3 Å². The molecule has 1 heterocycles. The van der Waals surface area contributed by atoms with Gasteiger partial charge in [0.25, 0.3) is 0 Å². The number of benzene rings is 2. The van der Waals surface area contributed by atoms with Crippen molar-refractivity contribution in [1.82, 2.24) is 20.2 Å². The van der Waals surface area contributed by atoms with Gasteiger partial charge in [0.2, 0.25) is 11.7 Å². The monoisotopic (exact) mass is 389 g/mol. The number of nitrogens with one attached hydrogen (secondary N) is 1. The van der Waals surface area contributed by atoms with Crippen LogP contribution in [0.4, 0.5) is 10.1 Å². The number of tetrazole rings is 1. The van der Waals surface area contributed by atoms with E-state index in [4.69, 9.17) is 0 Å². The smallest absolute Gasteiger partial charge is 0.248 e. The summed E-state index contributed by atoms with van der Waals surface area (Å²) in [6, 6.07) is 11.9. The Kier molecular flexibility index (Phi) is 4.66. The minimum atomic E-state index is -0.371.